The molecular weight excluding hydrogens is 549 g/mol. The summed E-state index contributed by atoms with van der Waals surface area (Å²) in [6.45, 7) is 6.81. The second-order valence-electron chi connectivity index (χ2n) is 11.6. The Morgan fingerprint density at radius 3 is 2.24 bits per heavy atom. The van der Waals surface area contributed by atoms with E-state index in [1.54, 1.807) is 24.3 Å². The van der Waals surface area contributed by atoms with Crippen molar-refractivity contribution in [3.63, 3.8) is 0 Å². The van der Waals surface area contributed by atoms with Gasteiger partial charge in [-0.3, -0.25) is 19.6 Å². The van der Waals surface area contributed by atoms with E-state index >= 15 is 0 Å². The lowest BCUT2D eigenvalue weighted by molar-refractivity contribution is 0.0893. The number of aromatic amines is 1. The molecule has 42 heavy (non-hydrogen) atoms. The number of tetrazole rings is 1. The van der Waals surface area contributed by atoms with Crippen molar-refractivity contribution in [2.75, 3.05) is 5.32 Å². The van der Waals surface area contributed by atoms with Gasteiger partial charge in [-0.2, -0.15) is 5.10 Å². The summed E-state index contributed by atoms with van der Waals surface area (Å²) in [6, 6.07) is 9.70. The molecule has 2 heterocycles. The molecule has 0 spiro atoms. The Bertz CT molecular complexity index is 1550. The zero-order valence-electron chi connectivity index (χ0n) is 23.4. The number of amides is 2. The van der Waals surface area contributed by atoms with E-state index in [0.717, 1.165) is 37.8 Å². The van der Waals surface area contributed by atoms with Crippen LogP contribution in [0.5, 0.6) is 0 Å². The van der Waals surface area contributed by atoms with Gasteiger partial charge in [0, 0.05) is 17.2 Å². The van der Waals surface area contributed by atoms with Crippen molar-refractivity contribution in [1.29, 1.82) is 0 Å². The lowest BCUT2D eigenvalue weighted by Crippen LogP contribution is -2.40. The van der Waals surface area contributed by atoms with Gasteiger partial charge in [0.15, 0.2) is 17.5 Å². The maximum Gasteiger partial charge on any atom is 0.269 e. The second kappa shape index (κ2) is 11.7. The van der Waals surface area contributed by atoms with E-state index in [-0.39, 0.29) is 46.8 Å². The molecule has 2 amide bonds. The highest BCUT2D eigenvalue weighted by molar-refractivity contribution is 6.03. The summed E-state index contributed by atoms with van der Waals surface area (Å²) < 4.78 is 43.1. The van der Waals surface area contributed by atoms with Crippen molar-refractivity contribution in [3.8, 4) is 11.3 Å². The maximum absolute atomic E-state index is 14.0. The van der Waals surface area contributed by atoms with Crippen LogP contribution in [-0.2, 0) is 6.54 Å². The molecule has 1 aliphatic carbocycles. The third-order valence-electron chi connectivity index (χ3n) is 7.71. The van der Waals surface area contributed by atoms with Crippen molar-refractivity contribution in [2.45, 2.75) is 59.0 Å². The van der Waals surface area contributed by atoms with Gasteiger partial charge in [-0.05, 0) is 83.3 Å². The predicted molar refractivity (Wildman–Crippen MR) is 148 cm³/mol. The Morgan fingerprint density at radius 2 is 1.64 bits per heavy atom. The van der Waals surface area contributed by atoms with E-state index in [0.29, 0.717) is 17.0 Å². The van der Waals surface area contributed by atoms with Crippen molar-refractivity contribution in [1.82, 2.24) is 35.7 Å². The third-order valence-corrected chi connectivity index (χ3v) is 7.71. The van der Waals surface area contributed by atoms with Crippen LogP contribution in [0.25, 0.3) is 11.3 Å². The first kappa shape index (κ1) is 29.0. The Labute approximate surface area is 240 Å². The number of H-pyrrole nitrogens is 1. The fraction of sp³-hybridized carbons (Fsp3) is 0.379. The zero-order chi connectivity index (χ0) is 30.0. The third kappa shape index (κ3) is 6.50. The molecule has 0 unspecified atom stereocenters. The first-order chi connectivity index (χ1) is 20.0. The number of hydrogen-bond donors (Lipinski definition) is 3. The number of rotatable bonds is 7. The summed E-state index contributed by atoms with van der Waals surface area (Å²) in [5, 5.41) is 22.9. The van der Waals surface area contributed by atoms with Crippen LogP contribution in [0, 0.1) is 28.8 Å². The Kier molecular flexibility index (Phi) is 8.10. The molecule has 0 radical (unpaired) electrons. The average molecular weight is 581 g/mol. The van der Waals surface area contributed by atoms with Crippen LogP contribution in [0.15, 0.2) is 42.5 Å². The van der Waals surface area contributed by atoms with Gasteiger partial charge in [-0.15, -0.1) is 0 Å². The smallest absolute Gasteiger partial charge is 0.269 e. The van der Waals surface area contributed by atoms with E-state index in [2.05, 4.69) is 57.1 Å². The van der Waals surface area contributed by atoms with E-state index in [9.17, 15) is 22.8 Å². The molecule has 0 bridgehead atoms. The number of carbonyl (C=O) groups excluding carboxylic acids is 2. The van der Waals surface area contributed by atoms with Crippen molar-refractivity contribution >= 4 is 17.8 Å². The number of nitrogens with one attached hydrogen (secondary N) is 3. The van der Waals surface area contributed by atoms with Gasteiger partial charge in [0.05, 0.1) is 12.2 Å². The van der Waals surface area contributed by atoms with Gasteiger partial charge in [-0.25, -0.2) is 18.3 Å². The highest BCUT2D eigenvalue weighted by Gasteiger charge is 2.31. The van der Waals surface area contributed by atoms with Gasteiger partial charge in [0.1, 0.15) is 5.69 Å². The molecule has 2 aromatic heterocycles. The molecule has 2 aromatic carbocycles. The molecule has 4 aromatic rings. The van der Waals surface area contributed by atoms with Gasteiger partial charge in [0.25, 0.3) is 11.8 Å². The minimum absolute atomic E-state index is 0.00110. The first-order valence-corrected chi connectivity index (χ1v) is 13.7. The molecule has 0 aliphatic heterocycles. The lowest BCUT2D eigenvalue weighted by atomic mass is 9.71. The number of benzene rings is 2. The monoisotopic (exact) mass is 580 g/mol. The first-order valence-electron chi connectivity index (χ1n) is 13.7. The second-order valence-corrected chi connectivity index (χ2v) is 11.6. The summed E-state index contributed by atoms with van der Waals surface area (Å²) >= 11 is 0. The summed E-state index contributed by atoms with van der Waals surface area (Å²) in [6.07, 6.45) is 3.69. The minimum atomic E-state index is -1.58. The highest BCUT2D eigenvalue weighted by atomic mass is 19.2. The summed E-state index contributed by atoms with van der Waals surface area (Å²) in [5.74, 6) is -4.40. The minimum Gasteiger partial charge on any atom is -0.348 e. The van der Waals surface area contributed by atoms with E-state index in [1.807, 2.05) is 0 Å². The van der Waals surface area contributed by atoms with Crippen LogP contribution < -0.4 is 10.6 Å². The van der Waals surface area contributed by atoms with E-state index in [1.165, 1.54) is 10.7 Å². The molecule has 1 saturated carbocycles. The predicted octanol–water partition coefficient (Wildman–Crippen LogP) is 5.12. The number of carbonyl (C=O) groups is 2. The molecule has 1 fully saturated rings. The Morgan fingerprint density at radius 1 is 0.976 bits per heavy atom. The molecule has 0 atom stereocenters. The van der Waals surface area contributed by atoms with Crippen molar-refractivity contribution in [2.24, 2.45) is 11.3 Å². The quantitative estimate of drug-likeness (QED) is 0.260. The van der Waals surface area contributed by atoms with E-state index < -0.39 is 23.4 Å². The number of aromatic nitrogens is 6. The van der Waals surface area contributed by atoms with Crippen molar-refractivity contribution < 1.29 is 22.8 Å². The standard InChI is InChI=1S/C29H31F3N8O2/c1-29(2,3)19-8-10-20(11-9-19)33-27(42)24-14-23(18-12-21(30)25(32)22(31)13-18)37-40(24)15-16-4-6-17(7-5-16)26(41)34-28-35-38-39-36-28/h4-7,12-14,19-20H,8-11,15H2,1-3H3,(H,33,42)(H2,34,35,36,38,39,41)/t19-,20+. The molecular formula is C29H31F3N8O2. The summed E-state index contributed by atoms with van der Waals surface area (Å²) in [5.41, 5.74) is 1.56. The number of hydrogen-bond acceptors (Lipinski definition) is 6. The Hall–Kier alpha value is -4.55. The normalized spacial score (nSPS) is 17.2. The molecule has 220 valence electrons. The molecule has 5 rings (SSSR count). The zero-order valence-corrected chi connectivity index (χ0v) is 23.4. The van der Waals surface area contributed by atoms with Gasteiger partial charge >= 0.3 is 0 Å². The molecule has 10 nitrogen and oxygen atoms in total. The van der Waals surface area contributed by atoms with Gasteiger partial charge in [0.2, 0.25) is 5.95 Å². The topological polar surface area (TPSA) is 130 Å². The van der Waals surface area contributed by atoms with Crippen LogP contribution in [-0.4, -0.2) is 48.3 Å². The summed E-state index contributed by atoms with van der Waals surface area (Å²) in [4.78, 5) is 25.9. The molecule has 0 saturated heterocycles. The SMILES string of the molecule is CC(C)(C)[C@H]1CC[C@@H](NC(=O)c2cc(-c3cc(F)c(F)c(F)c3)nn2Cc2ccc(C(=O)Nc3nnn[nH]3)cc2)CC1. The lowest BCUT2D eigenvalue weighted by Gasteiger charge is -2.37. The van der Waals surface area contributed by atoms with Crippen LogP contribution in [0.1, 0.15) is 72.9 Å². The fourth-order valence-corrected chi connectivity index (χ4v) is 5.25. The highest BCUT2D eigenvalue weighted by Crippen LogP contribution is 2.37. The molecule has 3 N–H and O–H groups in total. The van der Waals surface area contributed by atoms with Crippen LogP contribution in [0.3, 0.4) is 0 Å². The van der Waals surface area contributed by atoms with Crippen LogP contribution >= 0.6 is 0 Å². The van der Waals surface area contributed by atoms with Crippen LogP contribution in [0.4, 0.5) is 19.1 Å². The van der Waals surface area contributed by atoms with Gasteiger partial charge in [-0.1, -0.05) is 38.0 Å². The molecule has 1 aliphatic rings. The van der Waals surface area contributed by atoms with Crippen LogP contribution in [0.2, 0.25) is 0 Å². The largest absolute Gasteiger partial charge is 0.348 e. The number of anilines is 1. The number of nitrogens with zero attached hydrogens (tertiary/aromatic N) is 5. The van der Waals surface area contributed by atoms with E-state index in [4.69, 9.17) is 0 Å². The maximum atomic E-state index is 14.0. The van der Waals surface area contributed by atoms with Crippen molar-refractivity contribution in [3.05, 3.63) is 76.7 Å². The molecule has 13 heteroatoms. The summed E-state index contributed by atoms with van der Waals surface area (Å²) in [7, 11) is 0. The Balaban J connectivity index is 1.37. The average Bonchev–Trinajstić information content (AvgIpc) is 3.62. The van der Waals surface area contributed by atoms with Gasteiger partial charge < -0.3 is 5.32 Å². The number of halogens is 3. The fourth-order valence-electron chi connectivity index (χ4n) is 5.25.